The predicted molar refractivity (Wildman–Crippen MR) is 104 cm³/mol. The molecule has 0 radical (unpaired) electrons. The maximum atomic E-state index is 12.9. The summed E-state index contributed by atoms with van der Waals surface area (Å²) in [6.07, 6.45) is -4.50. The third-order valence-electron chi connectivity index (χ3n) is 4.76. The zero-order chi connectivity index (χ0) is 21.7. The number of rotatable bonds is 4. The molecule has 0 bridgehead atoms. The van der Waals surface area contributed by atoms with Crippen molar-refractivity contribution in [2.45, 2.75) is 6.18 Å². The SMILES string of the molecule is N#Cc1ccc(NC(=O)CN2CCN(C(=O)c3cccc(C(F)(F)F)c3)CC2)cc1. The van der Waals surface area contributed by atoms with E-state index in [1.807, 2.05) is 11.0 Å². The average molecular weight is 416 g/mol. The maximum absolute atomic E-state index is 12.9. The summed E-state index contributed by atoms with van der Waals surface area (Å²) in [6, 6.07) is 12.9. The average Bonchev–Trinajstić information content (AvgIpc) is 2.74. The first kappa shape index (κ1) is 21.3. The monoisotopic (exact) mass is 416 g/mol. The van der Waals surface area contributed by atoms with Crippen LogP contribution in [0.3, 0.4) is 0 Å². The van der Waals surface area contributed by atoms with Crippen molar-refractivity contribution in [3.05, 3.63) is 65.2 Å². The van der Waals surface area contributed by atoms with Crippen molar-refractivity contribution in [3.8, 4) is 6.07 Å². The van der Waals surface area contributed by atoms with Crippen molar-refractivity contribution in [1.82, 2.24) is 9.80 Å². The highest BCUT2D eigenvalue weighted by Gasteiger charge is 2.31. The minimum absolute atomic E-state index is 0.00293. The van der Waals surface area contributed by atoms with E-state index in [9.17, 15) is 22.8 Å². The van der Waals surface area contributed by atoms with Gasteiger partial charge in [0.2, 0.25) is 5.91 Å². The number of hydrogen-bond donors (Lipinski definition) is 1. The van der Waals surface area contributed by atoms with Crippen molar-refractivity contribution in [1.29, 1.82) is 5.26 Å². The molecule has 30 heavy (non-hydrogen) atoms. The van der Waals surface area contributed by atoms with E-state index in [-0.39, 0.29) is 18.0 Å². The van der Waals surface area contributed by atoms with Crippen molar-refractivity contribution in [3.63, 3.8) is 0 Å². The Morgan fingerprint density at radius 3 is 2.30 bits per heavy atom. The number of nitrogens with zero attached hydrogens (tertiary/aromatic N) is 3. The first-order valence-electron chi connectivity index (χ1n) is 9.25. The van der Waals surface area contributed by atoms with Crippen LogP contribution in [-0.4, -0.2) is 54.3 Å². The molecule has 0 saturated carbocycles. The minimum Gasteiger partial charge on any atom is -0.336 e. The number of carbonyl (C=O) groups excluding carboxylic acids is 2. The number of nitrogens with one attached hydrogen (secondary N) is 1. The van der Waals surface area contributed by atoms with Gasteiger partial charge in [0.25, 0.3) is 5.91 Å². The molecule has 1 saturated heterocycles. The molecule has 0 spiro atoms. The second kappa shape index (κ2) is 8.97. The van der Waals surface area contributed by atoms with Crippen LogP contribution >= 0.6 is 0 Å². The Kier molecular flexibility index (Phi) is 6.37. The van der Waals surface area contributed by atoms with E-state index in [1.54, 1.807) is 24.3 Å². The van der Waals surface area contributed by atoms with Gasteiger partial charge in [-0.3, -0.25) is 14.5 Å². The van der Waals surface area contributed by atoms with Gasteiger partial charge in [-0.2, -0.15) is 18.4 Å². The van der Waals surface area contributed by atoms with E-state index in [0.717, 1.165) is 12.1 Å². The summed E-state index contributed by atoms with van der Waals surface area (Å²) in [4.78, 5) is 28.1. The highest BCUT2D eigenvalue weighted by Crippen LogP contribution is 2.29. The van der Waals surface area contributed by atoms with Gasteiger partial charge < -0.3 is 10.2 Å². The van der Waals surface area contributed by atoms with E-state index in [2.05, 4.69) is 5.32 Å². The number of amides is 2. The summed E-state index contributed by atoms with van der Waals surface area (Å²) in [5.41, 5.74) is 0.218. The molecule has 2 aromatic carbocycles. The zero-order valence-electron chi connectivity index (χ0n) is 15.9. The Bertz CT molecular complexity index is 959. The van der Waals surface area contributed by atoms with Gasteiger partial charge in [0.15, 0.2) is 0 Å². The van der Waals surface area contributed by atoms with Gasteiger partial charge in [-0.05, 0) is 42.5 Å². The van der Waals surface area contributed by atoms with Gasteiger partial charge in [0.05, 0.1) is 23.7 Å². The number of hydrogen-bond acceptors (Lipinski definition) is 4. The molecule has 1 N–H and O–H groups in total. The number of alkyl halides is 3. The number of benzene rings is 2. The number of carbonyl (C=O) groups is 2. The minimum atomic E-state index is -4.50. The Labute approximate surface area is 171 Å². The maximum Gasteiger partial charge on any atom is 0.416 e. The highest BCUT2D eigenvalue weighted by atomic mass is 19.4. The summed E-state index contributed by atoms with van der Waals surface area (Å²) >= 11 is 0. The topological polar surface area (TPSA) is 76.4 Å². The summed E-state index contributed by atoms with van der Waals surface area (Å²) < 4.78 is 38.6. The molecular weight excluding hydrogens is 397 g/mol. The first-order chi connectivity index (χ1) is 14.3. The number of anilines is 1. The van der Waals surface area contributed by atoms with Gasteiger partial charge in [0.1, 0.15) is 0 Å². The summed E-state index contributed by atoms with van der Waals surface area (Å²) in [6.45, 7) is 1.64. The summed E-state index contributed by atoms with van der Waals surface area (Å²) in [7, 11) is 0. The van der Waals surface area contributed by atoms with Gasteiger partial charge in [-0.1, -0.05) is 6.07 Å². The van der Waals surface area contributed by atoms with E-state index in [4.69, 9.17) is 5.26 Å². The largest absolute Gasteiger partial charge is 0.416 e. The molecule has 1 aliphatic heterocycles. The molecule has 2 amide bonds. The van der Waals surface area contributed by atoms with Crippen molar-refractivity contribution in [2.75, 3.05) is 38.0 Å². The molecule has 9 heteroatoms. The van der Waals surface area contributed by atoms with Gasteiger partial charge in [-0.25, -0.2) is 0 Å². The Morgan fingerprint density at radius 2 is 1.70 bits per heavy atom. The highest BCUT2D eigenvalue weighted by molar-refractivity contribution is 5.94. The molecule has 0 unspecified atom stereocenters. The van der Waals surface area contributed by atoms with Crippen LogP contribution in [0.1, 0.15) is 21.5 Å². The molecule has 0 aliphatic carbocycles. The first-order valence-corrected chi connectivity index (χ1v) is 9.25. The van der Waals surface area contributed by atoms with E-state index >= 15 is 0 Å². The fraction of sp³-hybridized carbons (Fsp3) is 0.286. The Balaban J connectivity index is 1.51. The van der Waals surface area contributed by atoms with E-state index in [1.165, 1.54) is 17.0 Å². The molecule has 3 rings (SSSR count). The molecule has 0 atom stereocenters. The molecular formula is C21H19F3N4O2. The smallest absolute Gasteiger partial charge is 0.336 e. The second-order valence-electron chi connectivity index (χ2n) is 6.88. The molecule has 1 aliphatic rings. The van der Waals surface area contributed by atoms with Crippen LogP contribution in [0.25, 0.3) is 0 Å². The van der Waals surface area contributed by atoms with E-state index < -0.39 is 17.6 Å². The Morgan fingerprint density at radius 1 is 1.03 bits per heavy atom. The molecule has 2 aromatic rings. The van der Waals surface area contributed by atoms with Gasteiger partial charge in [-0.15, -0.1) is 0 Å². The number of halogens is 3. The molecule has 1 fully saturated rings. The fourth-order valence-electron chi connectivity index (χ4n) is 3.15. The predicted octanol–water partition coefficient (Wildman–Crippen LogP) is 2.97. The third kappa shape index (κ3) is 5.36. The lowest BCUT2D eigenvalue weighted by Crippen LogP contribution is -2.50. The lowest BCUT2D eigenvalue weighted by Gasteiger charge is -2.34. The molecule has 6 nitrogen and oxygen atoms in total. The molecule has 0 aromatic heterocycles. The van der Waals surface area contributed by atoms with Crippen LogP contribution in [-0.2, 0) is 11.0 Å². The summed E-state index contributed by atoms with van der Waals surface area (Å²) in [5, 5.41) is 11.5. The fourth-order valence-corrected chi connectivity index (χ4v) is 3.15. The van der Waals surface area contributed by atoms with E-state index in [0.29, 0.717) is 37.4 Å². The van der Waals surface area contributed by atoms with Crippen molar-refractivity contribution in [2.24, 2.45) is 0 Å². The van der Waals surface area contributed by atoms with Gasteiger partial charge in [0, 0.05) is 37.4 Å². The number of piperazine rings is 1. The lowest BCUT2D eigenvalue weighted by molar-refractivity contribution is -0.137. The van der Waals surface area contributed by atoms with Crippen molar-refractivity contribution < 1.29 is 22.8 Å². The van der Waals surface area contributed by atoms with Crippen LogP contribution in [0.4, 0.5) is 18.9 Å². The van der Waals surface area contributed by atoms with Crippen LogP contribution in [0.5, 0.6) is 0 Å². The van der Waals surface area contributed by atoms with Crippen LogP contribution in [0.2, 0.25) is 0 Å². The van der Waals surface area contributed by atoms with Crippen molar-refractivity contribution >= 4 is 17.5 Å². The van der Waals surface area contributed by atoms with Gasteiger partial charge >= 0.3 is 6.18 Å². The second-order valence-corrected chi connectivity index (χ2v) is 6.88. The zero-order valence-corrected chi connectivity index (χ0v) is 15.9. The quantitative estimate of drug-likeness (QED) is 0.832. The normalized spacial score (nSPS) is 14.8. The van der Waals surface area contributed by atoms with Crippen LogP contribution in [0.15, 0.2) is 48.5 Å². The third-order valence-corrected chi connectivity index (χ3v) is 4.76. The lowest BCUT2D eigenvalue weighted by atomic mass is 10.1. The molecule has 1 heterocycles. The van der Waals surface area contributed by atoms with Crippen LogP contribution < -0.4 is 5.32 Å². The van der Waals surface area contributed by atoms with Crippen LogP contribution in [0, 0.1) is 11.3 Å². The summed E-state index contributed by atoms with van der Waals surface area (Å²) in [5.74, 6) is -0.680. The molecule has 156 valence electrons. The number of nitriles is 1. The Hall–Kier alpha value is -3.38. The standard InChI is InChI=1S/C21H19F3N4O2/c22-21(23,24)17-3-1-2-16(12-17)20(30)28-10-8-27(9-11-28)14-19(29)26-18-6-4-15(13-25)5-7-18/h1-7,12H,8-11,14H2,(H,26,29).